The minimum atomic E-state index is -0.535. The second-order valence-electron chi connectivity index (χ2n) is 12.2. The number of amides is 2. The summed E-state index contributed by atoms with van der Waals surface area (Å²) in [5.74, 6) is -0.242. The number of fused-ring (bicyclic) bond motifs is 3. The van der Waals surface area contributed by atoms with Crippen molar-refractivity contribution in [3.8, 4) is 0 Å². The fourth-order valence-corrected chi connectivity index (χ4v) is 6.98. The average Bonchev–Trinajstić information content (AvgIpc) is 3.64. The molecule has 5 aromatic rings. The molecule has 2 aromatic heterocycles. The second-order valence-corrected chi connectivity index (χ2v) is 12.2. The van der Waals surface area contributed by atoms with Gasteiger partial charge in [-0.25, -0.2) is 4.98 Å². The molecule has 1 aliphatic carbocycles. The van der Waals surface area contributed by atoms with Crippen LogP contribution in [0.4, 0.5) is 5.69 Å². The molecule has 1 saturated carbocycles. The van der Waals surface area contributed by atoms with Gasteiger partial charge in [-0.1, -0.05) is 67.4 Å². The molecule has 1 fully saturated rings. The van der Waals surface area contributed by atoms with E-state index in [1.807, 2.05) is 19.1 Å². The van der Waals surface area contributed by atoms with E-state index in [0.29, 0.717) is 12.2 Å². The highest BCUT2D eigenvalue weighted by Crippen LogP contribution is 2.38. The van der Waals surface area contributed by atoms with E-state index in [-0.39, 0.29) is 30.3 Å². The maximum atomic E-state index is 13.9. The van der Waals surface area contributed by atoms with Gasteiger partial charge in [0, 0.05) is 35.6 Å². The topological polar surface area (TPSA) is 96.3 Å². The van der Waals surface area contributed by atoms with E-state index in [1.165, 1.54) is 23.3 Å². The summed E-state index contributed by atoms with van der Waals surface area (Å²) >= 11 is 0. The summed E-state index contributed by atoms with van der Waals surface area (Å²) in [7, 11) is 0. The Morgan fingerprint density at radius 3 is 2.32 bits per heavy atom. The molecule has 7 nitrogen and oxygen atoms in total. The number of para-hydroxylation sites is 1. The molecule has 3 aromatic carbocycles. The molecule has 0 saturated heterocycles. The lowest BCUT2D eigenvalue weighted by molar-refractivity contribution is -0.124. The largest absolute Gasteiger partial charge is 0.394 e. The Balaban J connectivity index is 1.26. The van der Waals surface area contributed by atoms with Crippen LogP contribution in [-0.4, -0.2) is 33.1 Å². The summed E-state index contributed by atoms with van der Waals surface area (Å²) in [6, 6.07) is 25.8. The number of aryl methyl sites for hydroxylation is 2. The molecule has 2 amide bonds. The van der Waals surface area contributed by atoms with Gasteiger partial charge in [0.2, 0.25) is 11.8 Å². The second kappa shape index (κ2) is 12.6. The first kappa shape index (κ1) is 29.6. The third-order valence-electron chi connectivity index (χ3n) is 9.01. The minimum Gasteiger partial charge on any atom is -0.394 e. The molecule has 1 aliphatic rings. The maximum absolute atomic E-state index is 13.9. The van der Waals surface area contributed by atoms with E-state index in [2.05, 4.69) is 76.7 Å². The van der Waals surface area contributed by atoms with Crippen LogP contribution in [0.2, 0.25) is 0 Å². The first-order valence-electron chi connectivity index (χ1n) is 15.5. The number of hydrogen-bond acceptors (Lipinski definition) is 4. The van der Waals surface area contributed by atoms with Gasteiger partial charge in [-0.3, -0.25) is 9.59 Å². The normalized spacial score (nSPS) is 15.0. The molecule has 2 unspecified atom stereocenters. The zero-order valence-electron chi connectivity index (χ0n) is 25.6. The Kier molecular flexibility index (Phi) is 8.49. The van der Waals surface area contributed by atoms with Crippen molar-refractivity contribution in [1.82, 2.24) is 14.9 Å². The van der Waals surface area contributed by atoms with E-state index in [9.17, 15) is 14.7 Å². The van der Waals surface area contributed by atoms with Crippen molar-refractivity contribution in [1.29, 1.82) is 0 Å². The van der Waals surface area contributed by atoms with Crippen LogP contribution >= 0.6 is 0 Å². The summed E-state index contributed by atoms with van der Waals surface area (Å²) in [6.45, 7) is 6.12. The Morgan fingerprint density at radius 2 is 1.64 bits per heavy atom. The van der Waals surface area contributed by atoms with Crippen molar-refractivity contribution in [2.24, 2.45) is 5.92 Å². The number of anilines is 1. The number of carbonyl (C=O) groups is 2. The van der Waals surface area contributed by atoms with Gasteiger partial charge >= 0.3 is 0 Å². The van der Waals surface area contributed by atoms with Crippen molar-refractivity contribution in [3.63, 3.8) is 0 Å². The first-order chi connectivity index (χ1) is 21.3. The number of carbonyl (C=O) groups excluding carboxylic acids is 2. The van der Waals surface area contributed by atoms with Crippen molar-refractivity contribution < 1.29 is 14.7 Å². The van der Waals surface area contributed by atoms with Gasteiger partial charge < -0.3 is 20.3 Å². The molecular formula is C37H40N4O3. The van der Waals surface area contributed by atoms with Crippen LogP contribution in [0.25, 0.3) is 21.9 Å². The molecule has 0 aliphatic heterocycles. The Morgan fingerprint density at radius 1 is 0.955 bits per heavy atom. The lowest BCUT2D eigenvalue weighted by Gasteiger charge is -2.26. The van der Waals surface area contributed by atoms with Gasteiger partial charge in [-0.05, 0) is 79.1 Å². The van der Waals surface area contributed by atoms with E-state index >= 15 is 0 Å². The van der Waals surface area contributed by atoms with Crippen LogP contribution in [0.3, 0.4) is 0 Å². The number of aliphatic hydroxyl groups is 1. The molecule has 2 heterocycles. The van der Waals surface area contributed by atoms with Gasteiger partial charge in [0.25, 0.3) is 0 Å². The van der Waals surface area contributed by atoms with Gasteiger partial charge in [-0.15, -0.1) is 0 Å². The van der Waals surface area contributed by atoms with Crippen molar-refractivity contribution in [2.75, 3.05) is 11.9 Å². The Labute approximate surface area is 258 Å². The van der Waals surface area contributed by atoms with Gasteiger partial charge in [-0.2, -0.15) is 0 Å². The lowest BCUT2D eigenvalue weighted by atomic mass is 9.83. The molecule has 44 heavy (non-hydrogen) atoms. The van der Waals surface area contributed by atoms with E-state index in [4.69, 9.17) is 4.98 Å². The standard InChI is InChI=1S/C37H40N4O3/c1-23-20-24(2)38-36-34(23)31-10-6-7-11-33(31)41(36)21-26-12-14-29(15-13-26)35(28-8-4-5-9-28)37(44)40-32(22-42)27-16-18-30(19-17-27)39-25(3)43/h6-7,10-20,28,32,35,42H,4-5,8-9,21-22H2,1-3H3,(H,39,43)(H,40,44). The zero-order valence-corrected chi connectivity index (χ0v) is 25.6. The predicted octanol–water partition coefficient (Wildman–Crippen LogP) is 6.94. The van der Waals surface area contributed by atoms with Gasteiger partial charge in [0.15, 0.2) is 0 Å². The smallest absolute Gasteiger partial charge is 0.228 e. The molecule has 226 valence electrons. The third kappa shape index (κ3) is 5.97. The molecule has 0 bridgehead atoms. The molecule has 2 atom stereocenters. The molecule has 0 radical (unpaired) electrons. The number of hydrogen-bond donors (Lipinski definition) is 3. The highest BCUT2D eigenvalue weighted by molar-refractivity contribution is 6.08. The Bertz CT molecular complexity index is 1800. The van der Waals surface area contributed by atoms with E-state index in [0.717, 1.165) is 59.2 Å². The number of pyridine rings is 1. The summed E-state index contributed by atoms with van der Waals surface area (Å²) in [5, 5.41) is 18.5. The number of aromatic nitrogens is 2. The number of nitrogens with zero attached hydrogens (tertiary/aromatic N) is 2. The average molecular weight is 589 g/mol. The minimum absolute atomic E-state index is 0.0628. The van der Waals surface area contributed by atoms with E-state index < -0.39 is 6.04 Å². The Hall–Kier alpha value is -4.49. The molecule has 3 N–H and O–H groups in total. The number of aliphatic hydroxyl groups excluding tert-OH is 1. The SMILES string of the molecule is CC(=O)Nc1ccc(C(CO)NC(=O)C(c2ccc(Cn3c4ccccc4c4c(C)cc(C)nc43)cc2)C2CCCC2)cc1. The molecule has 7 heteroatoms. The zero-order chi connectivity index (χ0) is 30.8. The summed E-state index contributed by atoms with van der Waals surface area (Å²) in [6.07, 6.45) is 4.28. The van der Waals surface area contributed by atoms with Crippen molar-refractivity contribution >= 4 is 39.4 Å². The van der Waals surface area contributed by atoms with Gasteiger partial charge in [0.05, 0.1) is 24.1 Å². The highest BCUT2D eigenvalue weighted by atomic mass is 16.3. The first-order valence-corrected chi connectivity index (χ1v) is 15.5. The molecule has 0 spiro atoms. The summed E-state index contributed by atoms with van der Waals surface area (Å²) in [5.41, 5.74) is 8.01. The van der Waals surface area contributed by atoms with Crippen LogP contribution < -0.4 is 10.6 Å². The van der Waals surface area contributed by atoms with Gasteiger partial charge in [0.1, 0.15) is 5.65 Å². The molecule has 6 rings (SSSR count). The number of benzene rings is 3. The van der Waals surface area contributed by atoms with Crippen LogP contribution in [0.15, 0.2) is 78.9 Å². The van der Waals surface area contributed by atoms with Crippen LogP contribution in [0.5, 0.6) is 0 Å². The van der Waals surface area contributed by atoms with Crippen LogP contribution in [0.1, 0.15) is 72.5 Å². The number of rotatable bonds is 9. The maximum Gasteiger partial charge on any atom is 0.228 e. The third-order valence-corrected chi connectivity index (χ3v) is 9.01. The fraction of sp³-hybridized carbons (Fsp3) is 0.324. The summed E-state index contributed by atoms with van der Waals surface area (Å²) in [4.78, 5) is 30.2. The summed E-state index contributed by atoms with van der Waals surface area (Å²) < 4.78 is 2.30. The van der Waals surface area contributed by atoms with Crippen molar-refractivity contribution in [2.45, 2.75) is 65.0 Å². The van der Waals surface area contributed by atoms with Crippen LogP contribution in [-0.2, 0) is 16.1 Å². The van der Waals surface area contributed by atoms with Crippen LogP contribution in [0, 0.1) is 19.8 Å². The quantitative estimate of drug-likeness (QED) is 0.174. The predicted molar refractivity (Wildman–Crippen MR) is 176 cm³/mol. The van der Waals surface area contributed by atoms with E-state index in [1.54, 1.807) is 12.1 Å². The number of nitrogens with one attached hydrogen (secondary N) is 2. The fourth-order valence-electron chi connectivity index (χ4n) is 6.98. The lowest BCUT2D eigenvalue weighted by Crippen LogP contribution is -2.37. The monoisotopic (exact) mass is 588 g/mol. The highest BCUT2D eigenvalue weighted by Gasteiger charge is 2.33. The molecular weight excluding hydrogens is 548 g/mol. The van der Waals surface area contributed by atoms with Crippen molar-refractivity contribution in [3.05, 3.63) is 107 Å².